The van der Waals surface area contributed by atoms with Gasteiger partial charge in [-0.05, 0) is 174 Å². The average Bonchev–Trinajstić information content (AvgIpc) is 1.05. The number of hydrogen-bond acceptors (Lipinski definition) is 21. The second kappa shape index (κ2) is 48.1. The van der Waals surface area contributed by atoms with Gasteiger partial charge in [-0.2, -0.15) is 4.31 Å². The van der Waals surface area contributed by atoms with E-state index in [4.69, 9.17) is 102 Å². The maximum Gasteiger partial charge on any atom is 0.211 e. The summed E-state index contributed by atoms with van der Waals surface area (Å²) in [6, 6.07) is 60.5. The lowest BCUT2D eigenvalue weighted by molar-refractivity contribution is 0.0802. The Morgan fingerprint density at radius 2 is 0.679 bits per heavy atom. The average molecular weight is 1980 g/mol. The molecule has 21 rings (SSSR count). The minimum atomic E-state index is -3.12. The van der Waals surface area contributed by atoms with Gasteiger partial charge in [0, 0.05) is 283 Å². The fourth-order valence-electron chi connectivity index (χ4n) is 18.3. The van der Waals surface area contributed by atoms with Gasteiger partial charge in [0.2, 0.25) is 10.0 Å². The molecule has 7 fully saturated rings. The highest BCUT2D eigenvalue weighted by Crippen LogP contribution is 2.38. The molecule has 6 aromatic carbocycles. The van der Waals surface area contributed by atoms with Gasteiger partial charge < -0.3 is 110 Å². The minimum Gasteiger partial charge on any atom is -0.488 e. The van der Waals surface area contributed by atoms with Crippen LogP contribution in [0.15, 0.2) is 232 Å². The van der Waals surface area contributed by atoms with Crippen LogP contribution in [0.4, 0.5) is 11.5 Å². The van der Waals surface area contributed by atoms with Crippen LogP contribution in [-0.2, 0) is 10.0 Å². The molecule has 15 heterocycles. The van der Waals surface area contributed by atoms with Crippen LogP contribution in [-0.4, -0.2) is 295 Å². The number of nitrogens with zero attached hydrogens (tertiary/aromatic N) is 12. The summed E-state index contributed by atoms with van der Waals surface area (Å²) >= 11 is 33.1. The second-order valence-corrected chi connectivity index (χ2v) is 39.5. The Morgan fingerprint density at radius 1 is 0.350 bits per heavy atom. The molecule has 13 aliphatic heterocycles. The van der Waals surface area contributed by atoms with Crippen LogP contribution >= 0.6 is 73.3 Å². The van der Waals surface area contributed by atoms with Gasteiger partial charge in [0.25, 0.3) is 0 Å². The number of pyridine rings is 2. The van der Waals surface area contributed by atoms with E-state index in [9.17, 15) is 8.42 Å². The molecule has 0 amide bonds. The molecule has 8 aromatic rings. The zero-order valence-electron chi connectivity index (χ0n) is 78.0. The molecule has 0 aliphatic carbocycles. The molecular formula is C102H122N20O8S7. The van der Waals surface area contributed by atoms with Crippen LogP contribution in [0.5, 0.6) is 34.5 Å². The molecule has 28 nitrogen and oxygen atoms in total. The monoisotopic (exact) mass is 1980 g/mol. The fourth-order valence-corrected chi connectivity index (χ4v) is 20.5. The van der Waals surface area contributed by atoms with Crippen LogP contribution in [0.25, 0.3) is 33.4 Å². The molecule has 0 spiro atoms. The third-order valence-electron chi connectivity index (χ3n) is 25.7. The number of thiocarbonyl (C=S) groups is 6. The van der Waals surface area contributed by atoms with Crippen molar-refractivity contribution in [3.05, 3.63) is 265 Å². The van der Waals surface area contributed by atoms with Crippen molar-refractivity contribution in [1.29, 1.82) is 0 Å². The zero-order valence-corrected chi connectivity index (χ0v) is 83.7. The molecule has 2 aromatic heterocycles. The van der Waals surface area contributed by atoms with Crippen LogP contribution in [0, 0.1) is 0 Å². The first-order valence-electron chi connectivity index (χ1n) is 47.1. The predicted molar refractivity (Wildman–Crippen MR) is 571 cm³/mol. The first-order chi connectivity index (χ1) is 66.7. The number of aromatic nitrogens is 2. The molecule has 2 unspecified atom stereocenters. The van der Waals surface area contributed by atoms with E-state index in [0.29, 0.717) is 95.1 Å². The van der Waals surface area contributed by atoms with Gasteiger partial charge in [0.1, 0.15) is 80.0 Å². The van der Waals surface area contributed by atoms with E-state index < -0.39 is 10.0 Å². The molecule has 0 radical (unpaired) electrons. The molecule has 35 heteroatoms. The van der Waals surface area contributed by atoms with Crippen LogP contribution in [0.2, 0.25) is 0 Å². The molecule has 8 N–H and O–H groups in total. The minimum absolute atomic E-state index is 0.455. The van der Waals surface area contributed by atoms with Gasteiger partial charge in [0.05, 0.1) is 6.26 Å². The molecule has 137 heavy (non-hydrogen) atoms. The number of rotatable bonds is 9. The fraction of sp³-hybridized carbons (Fsp3) is 0.373. The van der Waals surface area contributed by atoms with Crippen LogP contribution < -0.4 is 80.8 Å². The Balaban J connectivity index is 0.000000119. The molecule has 0 bridgehead atoms. The summed E-state index contributed by atoms with van der Waals surface area (Å²) in [6.07, 6.45) is 22.5. The van der Waals surface area contributed by atoms with Gasteiger partial charge in [-0.25, -0.2) is 13.4 Å². The highest BCUT2D eigenvalue weighted by Gasteiger charge is 2.33. The van der Waals surface area contributed by atoms with Gasteiger partial charge in [-0.1, -0.05) is 122 Å². The van der Waals surface area contributed by atoms with Crippen molar-refractivity contribution in [1.82, 2.24) is 91.1 Å². The van der Waals surface area contributed by atoms with E-state index in [1.165, 1.54) is 53.2 Å². The van der Waals surface area contributed by atoms with E-state index in [-0.39, 0.29) is 0 Å². The van der Waals surface area contributed by atoms with E-state index in [0.717, 1.165) is 226 Å². The normalized spacial score (nSPS) is 21.7. The maximum absolute atomic E-state index is 11.5. The third kappa shape index (κ3) is 26.7. The zero-order chi connectivity index (χ0) is 95.0. The van der Waals surface area contributed by atoms with Crippen molar-refractivity contribution >= 4 is 159 Å². The van der Waals surface area contributed by atoms with Crippen molar-refractivity contribution in [2.24, 2.45) is 0 Å². The predicted octanol–water partition coefficient (Wildman–Crippen LogP) is 11.9. The Morgan fingerprint density at radius 3 is 1.04 bits per heavy atom. The van der Waals surface area contributed by atoms with Gasteiger partial charge in [0.15, 0.2) is 30.7 Å². The summed E-state index contributed by atoms with van der Waals surface area (Å²) < 4.78 is 58.4. The molecular weight excluding hydrogens is 1860 g/mol. The van der Waals surface area contributed by atoms with E-state index in [2.05, 4.69) is 143 Å². The van der Waals surface area contributed by atoms with Crippen molar-refractivity contribution in [3.63, 3.8) is 0 Å². The van der Waals surface area contributed by atoms with Gasteiger partial charge in [-0.15, -0.1) is 0 Å². The Kier molecular flexibility index (Phi) is 34.6. The smallest absolute Gasteiger partial charge is 0.211 e. The standard InChI is InChI=1S/2C19H20N4OS.C18H23N3OS.C16H21N3OS.C15H19N3O3S2.C15H19N3OS/c25-19(21-13-15-14-24-17-6-2-1-5-16(15)17)23-11-9-22(10-12-23)18-7-3-4-8-20-18;25-19(21-13-15-14-24-18-4-2-1-3-17(15)18)23-11-9-22(10-12-23)16-5-7-20-8-6-16;23-18(21-10-9-20-8-4-3-5-15(20)12-21)19-11-14-13-22-17-7-2-1-6-16(14)17;1-11-8-19(9-12(2)18-11)16(21)17-7-13-10-20-15-6-4-3-5-14(13)15;1-23(19,20)18-8-6-17(7-9-18)15(22)16-10-12-11-21-14-5-3-2-4-13(12)14;1-11-9-18(7-6-16-11)15(20)17-8-12-10-19-14-5-3-2-4-13(12)14/h2*1-8,13H,9-12,14H2,(H,21,25);1-2,6-7,11,15H,3-5,8-10,12-13H2,(H,19,23);3-7,11-12,18H,8-10H2,1-2H3,(H,17,21);2-5,10H,6-9,11H2,1H3,(H,16,22);2-5,8,11,16H,6-7,9-10H2,1H3,(H,17,20)/b2*15-13-;14-11-;13-7-;12-10-;12-8-/t;;;11-,12+;;. The summed E-state index contributed by atoms with van der Waals surface area (Å²) in [5.41, 5.74) is 14.8. The number of sulfonamides is 1. The van der Waals surface area contributed by atoms with Crippen LogP contribution in [0.3, 0.4) is 0 Å². The van der Waals surface area contributed by atoms with Crippen molar-refractivity contribution in [2.75, 3.05) is 193 Å². The number of benzene rings is 6. The number of piperidine rings is 1. The van der Waals surface area contributed by atoms with Gasteiger partial charge in [-0.3, -0.25) is 9.88 Å². The van der Waals surface area contributed by atoms with E-state index >= 15 is 0 Å². The highest BCUT2D eigenvalue weighted by molar-refractivity contribution is 7.88. The first-order valence-corrected chi connectivity index (χ1v) is 51.3. The third-order valence-corrected chi connectivity index (χ3v) is 29.2. The summed E-state index contributed by atoms with van der Waals surface area (Å²) in [6.45, 7) is 28.7. The van der Waals surface area contributed by atoms with Crippen LogP contribution in [0.1, 0.15) is 73.4 Å². The highest BCUT2D eigenvalue weighted by atomic mass is 32.2. The number of fused-ring (bicyclic) bond motifs is 7. The molecule has 7 saturated heterocycles. The van der Waals surface area contributed by atoms with Gasteiger partial charge >= 0.3 is 0 Å². The summed E-state index contributed by atoms with van der Waals surface area (Å²) in [4.78, 5) is 28.9. The van der Waals surface area contributed by atoms with Crippen molar-refractivity contribution in [3.8, 4) is 34.5 Å². The number of anilines is 2. The summed E-state index contributed by atoms with van der Waals surface area (Å²) in [5, 5.41) is 31.0. The summed E-state index contributed by atoms with van der Waals surface area (Å²) in [5.74, 6) is 6.64. The molecule has 0 saturated carbocycles. The van der Waals surface area contributed by atoms with E-state index in [1.54, 1.807) is 0 Å². The molecule has 13 aliphatic rings. The lowest BCUT2D eigenvalue weighted by Crippen LogP contribution is -2.57. The lowest BCUT2D eigenvalue weighted by atomic mass is 10.00. The number of nitrogens with one attached hydrogen (secondary N) is 8. The quantitative estimate of drug-likeness (QED) is 0.0626. The van der Waals surface area contributed by atoms with Crippen molar-refractivity contribution in [2.45, 2.75) is 64.2 Å². The Labute approximate surface area is 837 Å². The number of ether oxygens (including phenoxy) is 6. The topological polar surface area (TPSA) is 244 Å². The SMILES string of the molecule is CC1CN(C(=S)N/C=C2/COc3ccccc32)CCN1.CS(=O)(=O)N1CCN(C(=S)N/C=C2/COc3ccccc32)CC1.C[C@@H]1CN(C(=S)N/C=C2/COc3ccccc32)C[C@H](C)N1.S=C(N/C=C1/COc2ccccc21)N1CCN(c2ccccn2)CC1.S=C(N/C=C1/COc2ccccc21)N1CCN(c2ccncc2)CC1.S=C(N/C=C1/COc2ccccc21)N1CCN2CCCCC2C1. The number of para-hydroxylation sites is 6. The maximum atomic E-state index is 11.5. The second-order valence-electron chi connectivity index (χ2n) is 35.2. The summed E-state index contributed by atoms with van der Waals surface area (Å²) in [7, 11) is -3.12. The Bertz CT molecular complexity index is 5730. The lowest BCUT2D eigenvalue weighted by Gasteiger charge is -2.44. The Hall–Kier alpha value is -11.6. The molecule has 4 atom stereocenters. The largest absolute Gasteiger partial charge is 0.488 e. The van der Waals surface area contributed by atoms with Crippen molar-refractivity contribution < 1.29 is 36.8 Å². The van der Waals surface area contributed by atoms with E-state index in [1.807, 2.05) is 206 Å². The molecule has 720 valence electrons. The first kappa shape index (κ1) is 98.4. The number of piperazine rings is 6. The number of hydrogen-bond donors (Lipinski definition) is 8.